The number of esters is 1. The Hall–Kier alpha value is -2.34. The molecule has 25 heavy (non-hydrogen) atoms. The molecule has 0 heterocycles. The maximum absolute atomic E-state index is 11.7. The molecule has 0 aromatic heterocycles. The minimum absolute atomic E-state index is 0.127. The number of halogens is 1. The van der Waals surface area contributed by atoms with Crippen molar-refractivity contribution in [3.63, 3.8) is 0 Å². The van der Waals surface area contributed by atoms with Crippen molar-refractivity contribution in [1.29, 1.82) is 0 Å². The SMILES string of the molecule is O=C(CCCOc1cccc(Br)c1)NCC(=O)OCc1ccccc1. The summed E-state index contributed by atoms with van der Waals surface area (Å²) >= 11 is 3.37. The van der Waals surface area contributed by atoms with Gasteiger partial charge in [0, 0.05) is 10.9 Å². The number of ether oxygens (including phenoxy) is 2. The summed E-state index contributed by atoms with van der Waals surface area (Å²) in [6, 6.07) is 16.9. The first-order valence-electron chi connectivity index (χ1n) is 7.98. The van der Waals surface area contributed by atoms with E-state index in [0.29, 0.717) is 19.4 Å². The average molecular weight is 406 g/mol. The van der Waals surface area contributed by atoms with Crippen LogP contribution in [0.15, 0.2) is 59.1 Å². The van der Waals surface area contributed by atoms with Gasteiger partial charge in [0.15, 0.2) is 0 Å². The molecule has 0 spiro atoms. The lowest BCUT2D eigenvalue weighted by atomic mass is 10.2. The molecule has 0 aliphatic heterocycles. The number of amides is 1. The van der Waals surface area contributed by atoms with E-state index < -0.39 is 5.97 Å². The van der Waals surface area contributed by atoms with E-state index in [1.54, 1.807) is 0 Å². The van der Waals surface area contributed by atoms with Crippen molar-refractivity contribution in [2.24, 2.45) is 0 Å². The molecule has 2 aromatic rings. The summed E-state index contributed by atoms with van der Waals surface area (Å²) in [5.74, 6) is 0.0939. The van der Waals surface area contributed by atoms with Crippen molar-refractivity contribution in [1.82, 2.24) is 5.32 Å². The number of carbonyl (C=O) groups excluding carboxylic acids is 2. The summed E-state index contributed by atoms with van der Waals surface area (Å²) in [6.07, 6.45) is 0.859. The van der Waals surface area contributed by atoms with Gasteiger partial charge in [-0.15, -0.1) is 0 Å². The maximum Gasteiger partial charge on any atom is 0.325 e. The number of hydrogen-bond donors (Lipinski definition) is 1. The number of nitrogens with one attached hydrogen (secondary N) is 1. The average Bonchev–Trinajstić information content (AvgIpc) is 2.63. The second-order valence-electron chi connectivity index (χ2n) is 5.33. The van der Waals surface area contributed by atoms with Crippen LogP contribution in [0.1, 0.15) is 18.4 Å². The molecule has 5 nitrogen and oxygen atoms in total. The van der Waals surface area contributed by atoms with Crippen molar-refractivity contribution in [2.75, 3.05) is 13.2 Å². The Balaban J connectivity index is 1.55. The van der Waals surface area contributed by atoms with Gasteiger partial charge in [-0.05, 0) is 30.2 Å². The molecule has 132 valence electrons. The smallest absolute Gasteiger partial charge is 0.325 e. The molecule has 0 bridgehead atoms. The van der Waals surface area contributed by atoms with E-state index in [-0.39, 0.29) is 19.1 Å². The molecule has 1 amide bonds. The highest BCUT2D eigenvalue weighted by Crippen LogP contribution is 2.17. The molecule has 0 saturated carbocycles. The summed E-state index contributed by atoms with van der Waals surface area (Å²) in [6.45, 7) is 0.510. The molecular formula is C19H20BrNO4. The van der Waals surface area contributed by atoms with Crippen molar-refractivity contribution in [2.45, 2.75) is 19.4 Å². The highest BCUT2D eigenvalue weighted by atomic mass is 79.9. The van der Waals surface area contributed by atoms with Crippen LogP contribution in [0.3, 0.4) is 0 Å². The van der Waals surface area contributed by atoms with Crippen LogP contribution in [0.5, 0.6) is 5.75 Å². The van der Waals surface area contributed by atoms with Crippen molar-refractivity contribution >= 4 is 27.8 Å². The minimum atomic E-state index is -0.456. The summed E-state index contributed by atoms with van der Waals surface area (Å²) in [4.78, 5) is 23.3. The molecule has 2 rings (SSSR count). The summed E-state index contributed by atoms with van der Waals surface area (Å²) in [5.41, 5.74) is 0.909. The zero-order valence-electron chi connectivity index (χ0n) is 13.7. The minimum Gasteiger partial charge on any atom is -0.494 e. The van der Waals surface area contributed by atoms with Gasteiger partial charge in [0.05, 0.1) is 6.61 Å². The fourth-order valence-corrected chi connectivity index (χ4v) is 2.41. The van der Waals surface area contributed by atoms with E-state index >= 15 is 0 Å². The largest absolute Gasteiger partial charge is 0.494 e. The van der Waals surface area contributed by atoms with Crippen molar-refractivity contribution in [3.05, 3.63) is 64.6 Å². The van der Waals surface area contributed by atoms with Gasteiger partial charge in [-0.1, -0.05) is 52.3 Å². The van der Waals surface area contributed by atoms with Gasteiger partial charge in [0.1, 0.15) is 18.9 Å². The molecule has 0 fully saturated rings. The molecular weight excluding hydrogens is 386 g/mol. The first-order valence-corrected chi connectivity index (χ1v) is 8.77. The van der Waals surface area contributed by atoms with Gasteiger partial charge in [-0.2, -0.15) is 0 Å². The Morgan fingerprint density at radius 1 is 1.04 bits per heavy atom. The first-order chi connectivity index (χ1) is 12.1. The zero-order chi connectivity index (χ0) is 17.9. The maximum atomic E-state index is 11.7. The van der Waals surface area contributed by atoms with E-state index in [2.05, 4.69) is 21.2 Å². The third kappa shape index (κ3) is 7.85. The third-order valence-corrected chi connectivity index (χ3v) is 3.78. The molecule has 0 radical (unpaired) electrons. The summed E-state index contributed by atoms with van der Waals surface area (Å²) in [7, 11) is 0. The van der Waals surface area contributed by atoms with Crippen LogP contribution in [0.4, 0.5) is 0 Å². The molecule has 6 heteroatoms. The Kier molecular flexibility index (Phi) is 7.98. The molecule has 1 N–H and O–H groups in total. The Morgan fingerprint density at radius 3 is 2.60 bits per heavy atom. The van der Waals surface area contributed by atoms with E-state index in [1.165, 1.54) is 0 Å². The van der Waals surface area contributed by atoms with Gasteiger partial charge >= 0.3 is 5.97 Å². The van der Waals surface area contributed by atoms with Gasteiger partial charge in [0.25, 0.3) is 0 Å². The van der Waals surface area contributed by atoms with Crippen molar-refractivity contribution in [3.8, 4) is 5.75 Å². The lowest BCUT2D eigenvalue weighted by Gasteiger charge is -2.08. The third-order valence-electron chi connectivity index (χ3n) is 3.29. The molecule has 0 aliphatic carbocycles. The number of benzene rings is 2. The van der Waals surface area contributed by atoms with Crippen LogP contribution in [0.2, 0.25) is 0 Å². The Morgan fingerprint density at radius 2 is 1.84 bits per heavy atom. The van der Waals surface area contributed by atoms with Gasteiger partial charge in [0.2, 0.25) is 5.91 Å². The Bertz CT molecular complexity index is 691. The van der Waals surface area contributed by atoms with Gasteiger partial charge in [-0.3, -0.25) is 9.59 Å². The number of hydrogen-bond acceptors (Lipinski definition) is 4. The lowest BCUT2D eigenvalue weighted by Crippen LogP contribution is -2.30. The standard InChI is InChI=1S/C19H20BrNO4/c20-16-8-4-9-17(12-16)24-11-5-10-18(22)21-13-19(23)25-14-15-6-2-1-3-7-15/h1-4,6-9,12H,5,10-11,13-14H2,(H,21,22). The monoisotopic (exact) mass is 405 g/mol. The predicted octanol–water partition coefficient (Wildman–Crippen LogP) is 3.47. The molecule has 2 aromatic carbocycles. The topological polar surface area (TPSA) is 64.6 Å². The highest BCUT2D eigenvalue weighted by Gasteiger charge is 2.07. The van der Waals surface area contributed by atoms with Crippen LogP contribution in [0, 0.1) is 0 Å². The summed E-state index contributed by atoms with van der Waals surface area (Å²) < 4.78 is 11.6. The fourth-order valence-electron chi connectivity index (χ4n) is 2.03. The van der Waals surface area contributed by atoms with E-state index in [9.17, 15) is 9.59 Å². The quantitative estimate of drug-likeness (QED) is 0.512. The highest BCUT2D eigenvalue weighted by molar-refractivity contribution is 9.10. The van der Waals surface area contributed by atoms with E-state index in [0.717, 1.165) is 15.8 Å². The van der Waals surface area contributed by atoms with E-state index in [4.69, 9.17) is 9.47 Å². The van der Waals surface area contributed by atoms with Crippen LogP contribution < -0.4 is 10.1 Å². The molecule has 0 saturated heterocycles. The number of rotatable bonds is 9. The van der Waals surface area contributed by atoms with Crippen molar-refractivity contribution < 1.29 is 19.1 Å². The first kappa shape index (κ1) is 19.0. The Labute approximate surface area is 155 Å². The van der Waals surface area contributed by atoms with Crippen LogP contribution in [-0.4, -0.2) is 25.0 Å². The van der Waals surface area contributed by atoms with Gasteiger partial charge in [-0.25, -0.2) is 0 Å². The van der Waals surface area contributed by atoms with Crippen LogP contribution in [0.25, 0.3) is 0 Å². The fraction of sp³-hybridized carbons (Fsp3) is 0.263. The normalized spacial score (nSPS) is 10.1. The van der Waals surface area contributed by atoms with Gasteiger partial charge < -0.3 is 14.8 Å². The van der Waals surface area contributed by atoms with Crippen LogP contribution >= 0.6 is 15.9 Å². The second-order valence-corrected chi connectivity index (χ2v) is 6.25. The van der Waals surface area contributed by atoms with E-state index in [1.807, 2.05) is 54.6 Å². The number of carbonyl (C=O) groups is 2. The molecule has 0 unspecified atom stereocenters. The molecule has 0 atom stereocenters. The molecule has 0 aliphatic rings. The zero-order valence-corrected chi connectivity index (χ0v) is 15.3. The summed E-state index contributed by atoms with van der Waals surface area (Å²) in [5, 5.41) is 2.55. The predicted molar refractivity (Wildman–Crippen MR) is 98.1 cm³/mol. The lowest BCUT2D eigenvalue weighted by molar-refractivity contribution is -0.145. The van der Waals surface area contributed by atoms with Crippen LogP contribution in [-0.2, 0) is 20.9 Å². The second kappa shape index (κ2) is 10.5.